The van der Waals surface area contributed by atoms with Crippen LogP contribution in [0.4, 0.5) is 5.69 Å². The van der Waals surface area contributed by atoms with Crippen molar-refractivity contribution < 1.29 is 0 Å². The lowest BCUT2D eigenvalue weighted by Crippen LogP contribution is -2.53. The zero-order chi connectivity index (χ0) is 19.6. The Morgan fingerprint density at radius 3 is 2.07 bits per heavy atom. The van der Waals surface area contributed by atoms with Gasteiger partial charge in [0.2, 0.25) is 0 Å². The van der Waals surface area contributed by atoms with E-state index < -0.39 is 0 Å². The molecule has 3 aromatic carbocycles. The lowest BCUT2D eigenvalue weighted by atomic mass is 9.49. The minimum atomic E-state index is 0.182. The summed E-state index contributed by atoms with van der Waals surface area (Å²) < 4.78 is 0. The highest BCUT2D eigenvalue weighted by Crippen LogP contribution is 2.60. The van der Waals surface area contributed by atoms with Crippen LogP contribution in [0.3, 0.4) is 0 Å². The van der Waals surface area contributed by atoms with Gasteiger partial charge in [-0.2, -0.15) is 0 Å². The van der Waals surface area contributed by atoms with Crippen molar-refractivity contribution in [1.82, 2.24) is 0 Å². The standard InChI is InChI=1S/C26H29N3/c27-25(28)29(16-26-13-17-8-18(14-26)10-19(9-17)15-26)24-7-3-6-22-11-20-4-1-2-5-21(20)12-23(22)24/h1-7,11-12,17-19H,8-10,13-16H2,(H3,27,28). The van der Waals surface area contributed by atoms with Gasteiger partial charge in [0.15, 0.2) is 5.96 Å². The molecule has 0 amide bonds. The minimum absolute atomic E-state index is 0.182. The van der Waals surface area contributed by atoms with Crippen molar-refractivity contribution in [3.63, 3.8) is 0 Å². The minimum Gasteiger partial charge on any atom is -0.370 e. The first-order valence-corrected chi connectivity index (χ1v) is 11.1. The van der Waals surface area contributed by atoms with Crippen LogP contribution in [0, 0.1) is 28.6 Å². The Labute approximate surface area is 172 Å². The predicted molar refractivity (Wildman–Crippen MR) is 121 cm³/mol. The van der Waals surface area contributed by atoms with Crippen LogP contribution in [0.2, 0.25) is 0 Å². The number of anilines is 1. The van der Waals surface area contributed by atoms with Gasteiger partial charge in [0.25, 0.3) is 0 Å². The molecule has 0 aliphatic heterocycles. The van der Waals surface area contributed by atoms with E-state index in [9.17, 15) is 0 Å². The van der Waals surface area contributed by atoms with Crippen molar-refractivity contribution >= 4 is 33.2 Å². The van der Waals surface area contributed by atoms with Gasteiger partial charge in [-0.1, -0.05) is 36.4 Å². The molecule has 148 valence electrons. The predicted octanol–water partition coefficient (Wildman–Crippen LogP) is 5.91. The first-order chi connectivity index (χ1) is 14.1. The van der Waals surface area contributed by atoms with Gasteiger partial charge in [-0.05, 0) is 96.1 Å². The van der Waals surface area contributed by atoms with E-state index in [0.717, 1.165) is 30.0 Å². The molecule has 3 N–H and O–H groups in total. The number of hydrogen-bond donors (Lipinski definition) is 2. The molecule has 0 unspecified atom stereocenters. The average molecular weight is 384 g/mol. The first-order valence-electron chi connectivity index (χ1n) is 11.1. The second kappa shape index (κ2) is 6.22. The maximum Gasteiger partial charge on any atom is 0.192 e. The van der Waals surface area contributed by atoms with Gasteiger partial charge in [-0.25, -0.2) is 0 Å². The summed E-state index contributed by atoms with van der Waals surface area (Å²) in [6, 6.07) is 19.5. The summed E-state index contributed by atoms with van der Waals surface area (Å²) in [5.41, 5.74) is 7.65. The average Bonchev–Trinajstić information content (AvgIpc) is 2.69. The van der Waals surface area contributed by atoms with Crippen LogP contribution in [0.1, 0.15) is 38.5 Å². The Kier molecular flexibility index (Phi) is 3.72. The molecule has 4 aliphatic carbocycles. The van der Waals surface area contributed by atoms with Crippen molar-refractivity contribution in [2.45, 2.75) is 38.5 Å². The van der Waals surface area contributed by atoms with Gasteiger partial charge in [-0.15, -0.1) is 0 Å². The van der Waals surface area contributed by atoms with Gasteiger partial charge >= 0.3 is 0 Å². The third-order valence-electron chi connectivity index (χ3n) is 7.96. The van der Waals surface area contributed by atoms with Crippen molar-refractivity contribution in [2.75, 3.05) is 11.4 Å². The van der Waals surface area contributed by atoms with Crippen molar-refractivity contribution in [3.8, 4) is 0 Å². The lowest BCUT2D eigenvalue weighted by Gasteiger charge is -2.57. The van der Waals surface area contributed by atoms with E-state index >= 15 is 0 Å². The Bertz CT molecular complexity index is 1080. The Balaban J connectivity index is 1.44. The third kappa shape index (κ3) is 2.82. The summed E-state index contributed by atoms with van der Waals surface area (Å²) in [4.78, 5) is 2.12. The molecule has 3 aromatic rings. The van der Waals surface area contributed by atoms with Crippen LogP contribution in [0.25, 0.3) is 21.5 Å². The van der Waals surface area contributed by atoms with Crippen molar-refractivity contribution in [2.24, 2.45) is 28.9 Å². The highest BCUT2D eigenvalue weighted by molar-refractivity contribution is 6.08. The number of nitrogens with two attached hydrogens (primary N) is 1. The quantitative estimate of drug-likeness (QED) is 0.336. The van der Waals surface area contributed by atoms with Crippen LogP contribution in [-0.2, 0) is 0 Å². The summed E-state index contributed by atoms with van der Waals surface area (Å²) in [6.45, 7) is 0.901. The lowest BCUT2D eigenvalue weighted by molar-refractivity contribution is -0.0464. The summed E-state index contributed by atoms with van der Waals surface area (Å²) in [7, 11) is 0. The van der Waals surface area contributed by atoms with E-state index in [-0.39, 0.29) is 5.96 Å². The molecule has 29 heavy (non-hydrogen) atoms. The molecule has 4 saturated carbocycles. The number of benzene rings is 3. The number of nitrogens with one attached hydrogen (secondary N) is 1. The number of rotatable bonds is 3. The van der Waals surface area contributed by atoms with Crippen LogP contribution in [-0.4, -0.2) is 12.5 Å². The summed E-state index contributed by atoms with van der Waals surface area (Å²) >= 11 is 0. The monoisotopic (exact) mass is 383 g/mol. The molecule has 3 heteroatoms. The molecule has 0 radical (unpaired) electrons. The van der Waals surface area contributed by atoms with Gasteiger partial charge in [0.1, 0.15) is 0 Å². The van der Waals surface area contributed by atoms with E-state index in [1.165, 1.54) is 60.1 Å². The van der Waals surface area contributed by atoms with Crippen molar-refractivity contribution in [1.29, 1.82) is 5.41 Å². The first kappa shape index (κ1) is 17.3. The molecule has 3 nitrogen and oxygen atoms in total. The second-order valence-electron chi connectivity index (χ2n) is 10.1. The van der Waals surface area contributed by atoms with Crippen molar-refractivity contribution in [3.05, 3.63) is 54.6 Å². The van der Waals surface area contributed by atoms with E-state index in [4.69, 9.17) is 11.1 Å². The van der Waals surface area contributed by atoms with Crippen LogP contribution in [0.15, 0.2) is 54.6 Å². The Morgan fingerprint density at radius 2 is 1.45 bits per heavy atom. The number of fused-ring (bicyclic) bond motifs is 2. The number of hydrogen-bond acceptors (Lipinski definition) is 1. The molecule has 4 bridgehead atoms. The zero-order valence-corrected chi connectivity index (χ0v) is 16.9. The van der Waals surface area contributed by atoms with Gasteiger partial charge in [0.05, 0.1) is 5.69 Å². The highest BCUT2D eigenvalue weighted by atomic mass is 15.2. The van der Waals surface area contributed by atoms with E-state index in [0.29, 0.717) is 5.41 Å². The molecular weight excluding hydrogens is 354 g/mol. The van der Waals surface area contributed by atoms with E-state index in [2.05, 4.69) is 59.5 Å². The third-order valence-corrected chi connectivity index (χ3v) is 7.96. The fourth-order valence-corrected chi connectivity index (χ4v) is 7.30. The number of guanidine groups is 1. The topological polar surface area (TPSA) is 53.1 Å². The summed E-state index contributed by atoms with van der Waals surface area (Å²) in [5, 5.41) is 13.4. The largest absolute Gasteiger partial charge is 0.370 e. The van der Waals surface area contributed by atoms with Crippen LogP contribution >= 0.6 is 0 Å². The molecule has 0 saturated heterocycles. The normalized spacial score (nSPS) is 30.1. The molecule has 0 atom stereocenters. The fourth-order valence-electron chi connectivity index (χ4n) is 7.30. The SMILES string of the molecule is N=C(N)N(CC12CC3CC(CC(C3)C1)C2)c1cccc2cc3ccccc3cc12. The molecule has 0 spiro atoms. The molecule has 0 aromatic heterocycles. The summed E-state index contributed by atoms with van der Waals surface area (Å²) in [6.07, 6.45) is 8.32. The van der Waals surface area contributed by atoms with E-state index in [1.54, 1.807) is 0 Å². The molecule has 0 heterocycles. The molecular formula is C26H29N3. The van der Waals surface area contributed by atoms with Crippen LogP contribution < -0.4 is 10.6 Å². The van der Waals surface area contributed by atoms with Gasteiger partial charge in [-0.3, -0.25) is 5.41 Å². The fraction of sp³-hybridized carbons (Fsp3) is 0.423. The summed E-state index contributed by atoms with van der Waals surface area (Å²) in [5.74, 6) is 2.91. The molecule has 7 rings (SSSR count). The highest BCUT2D eigenvalue weighted by Gasteiger charge is 2.51. The second-order valence-corrected chi connectivity index (χ2v) is 10.1. The molecule has 4 fully saturated rings. The van der Waals surface area contributed by atoms with Crippen LogP contribution in [0.5, 0.6) is 0 Å². The Hall–Kier alpha value is -2.55. The van der Waals surface area contributed by atoms with E-state index in [1.807, 2.05) is 0 Å². The van der Waals surface area contributed by atoms with Gasteiger partial charge in [0, 0.05) is 11.9 Å². The zero-order valence-electron chi connectivity index (χ0n) is 16.9. The smallest absolute Gasteiger partial charge is 0.192 e. The number of nitrogens with zero attached hydrogens (tertiary/aromatic N) is 1. The Morgan fingerprint density at radius 1 is 0.862 bits per heavy atom. The molecule has 4 aliphatic rings. The maximum atomic E-state index is 8.44. The van der Waals surface area contributed by atoms with Gasteiger partial charge < -0.3 is 10.6 Å². The maximum absolute atomic E-state index is 8.44.